The van der Waals surface area contributed by atoms with E-state index in [1.165, 1.54) is 22.1 Å². The minimum Gasteiger partial charge on any atom is -0.496 e. The fourth-order valence-electron chi connectivity index (χ4n) is 2.70. The van der Waals surface area contributed by atoms with E-state index in [0.717, 1.165) is 11.1 Å². The number of aryl methyl sites for hydroxylation is 1. The van der Waals surface area contributed by atoms with Crippen molar-refractivity contribution >= 4 is 26.7 Å². The van der Waals surface area contributed by atoms with Gasteiger partial charge >= 0.3 is 0 Å². The van der Waals surface area contributed by atoms with Crippen LogP contribution in [0.1, 0.15) is 21.5 Å². The Labute approximate surface area is 133 Å². The predicted octanol–water partition coefficient (Wildman–Crippen LogP) is 5.64. The molecule has 0 aromatic heterocycles. The van der Waals surface area contributed by atoms with Crippen molar-refractivity contribution in [3.8, 4) is 5.75 Å². The number of halogens is 1. The highest BCUT2D eigenvalue weighted by atomic mass is 79.9. The fourth-order valence-corrected chi connectivity index (χ4v) is 3.39. The van der Waals surface area contributed by atoms with Crippen molar-refractivity contribution in [3.63, 3.8) is 0 Å². The first kappa shape index (κ1) is 14.2. The van der Waals surface area contributed by atoms with Crippen LogP contribution >= 0.6 is 15.9 Å². The van der Waals surface area contributed by atoms with Gasteiger partial charge < -0.3 is 4.74 Å². The van der Waals surface area contributed by atoms with Crippen LogP contribution in [-0.2, 0) is 0 Å². The molecule has 0 saturated heterocycles. The van der Waals surface area contributed by atoms with Gasteiger partial charge in [-0.05, 0) is 29.5 Å². The van der Waals surface area contributed by atoms with E-state index in [4.69, 9.17) is 4.74 Å². The summed E-state index contributed by atoms with van der Waals surface area (Å²) in [5.41, 5.74) is 3.80. The Bertz CT molecular complexity index is 779. The van der Waals surface area contributed by atoms with Crippen molar-refractivity contribution < 1.29 is 4.74 Å². The van der Waals surface area contributed by atoms with Crippen molar-refractivity contribution in [1.82, 2.24) is 0 Å². The highest BCUT2D eigenvalue weighted by Crippen LogP contribution is 2.38. The van der Waals surface area contributed by atoms with Crippen molar-refractivity contribution in [3.05, 3.63) is 77.4 Å². The van der Waals surface area contributed by atoms with Crippen LogP contribution in [0.25, 0.3) is 10.8 Å². The van der Waals surface area contributed by atoms with Crippen LogP contribution in [0.2, 0.25) is 0 Å². The first-order valence-corrected chi connectivity index (χ1v) is 7.88. The molecule has 0 radical (unpaired) electrons. The van der Waals surface area contributed by atoms with Gasteiger partial charge in [0.15, 0.2) is 0 Å². The minimum absolute atomic E-state index is 0.174. The molecular weight excluding hydrogens is 324 g/mol. The maximum Gasteiger partial charge on any atom is 0.126 e. The molecule has 0 amide bonds. The quantitative estimate of drug-likeness (QED) is 0.560. The lowest BCUT2D eigenvalue weighted by Crippen LogP contribution is -1.96. The third kappa shape index (κ3) is 2.68. The number of rotatable bonds is 3. The third-order valence-electron chi connectivity index (χ3n) is 3.75. The SMILES string of the molecule is COc1ccc(C(Br)c2cccc(C)c2)c2ccccc12. The van der Waals surface area contributed by atoms with Gasteiger partial charge in [-0.1, -0.05) is 76.1 Å². The molecule has 3 aromatic carbocycles. The minimum atomic E-state index is 0.174. The summed E-state index contributed by atoms with van der Waals surface area (Å²) in [7, 11) is 1.72. The first-order valence-electron chi connectivity index (χ1n) is 6.97. The van der Waals surface area contributed by atoms with E-state index in [0.29, 0.717) is 0 Å². The zero-order chi connectivity index (χ0) is 14.8. The Morgan fingerprint density at radius 3 is 2.38 bits per heavy atom. The molecule has 0 heterocycles. The average Bonchev–Trinajstić information content (AvgIpc) is 2.53. The van der Waals surface area contributed by atoms with Crippen molar-refractivity contribution in [2.75, 3.05) is 7.11 Å². The number of hydrogen-bond donors (Lipinski definition) is 0. The van der Waals surface area contributed by atoms with E-state index in [-0.39, 0.29) is 4.83 Å². The second kappa shape index (κ2) is 5.90. The van der Waals surface area contributed by atoms with Gasteiger partial charge in [0, 0.05) is 5.39 Å². The van der Waals surface area contributed by atoms with Crippen LogP contribution in [-0.4, -0.2) is 7.11 Å². The molecule has 1 unspecified atom stereocenters. The van der Waals surface area contributed by atoms with Crippen molar-refractivity contribution in [2.45, 2.75) is 11.8 Å². The molecule has 0 bridgehead atoms. The van der Waals surface area contributed by atoms with Crippen LogP contribution in [0.5, 0.6) is 5.75 Å². The van der Waals surface area contributed by atoms with Crippen LogP contribution in [0.4, 0.5) is 0 Å². The number of ether oxygens (including phenoxy) is 1. The summed E-state index contributed by atoms with van der Waals surface area (Å²) >= 11 is 3.86. The predicted molar refractivity (Wildman–Crippen MR) is 92.4 cm³/mol. The first-order chi connectivity index (χ1) is 10.2. The highest BCUT2D eigenvalue weighted by molar-refractivity contribution is 9.09. The maximum absolute atomic E-state index is 5.47. The number of methoxy groups -OCH3 is 1. The lowest BCUT2D eigenvalue weighted by Gasteiger charge is -2.16. The van der Waals surface area contributed by atoms with E-state index >= 15 is 0 Å². The molecular formula is C19H17BrO. The molecule has 2 heteroatoms. The monoisotopic (exact) mass is 340 g/mol. The Hall–Kier alpha value is -1.80. The molecule has 21 heavy (non-hydrogen) atoms. The largest absolute Gasteiger partial charge is 0.496 e. The summed E-state index contributed by atoms with van der Waals surface area (Å²) in [5, 5.41) is 2.37. The van der Waals surface area contributed by atoms with Crippen LogP contribution in [0.15, 0.2) is 60.7 Å². The molecule has 0 aliphatic carbocycles. The van der Waals surface area contributed by atoms with Gasteiger partial charge in [0.2, 0.25) is 0 Å². The van der Waals surface area contributed by atoms with E-state index < -0.39 is 0 Å². The van der Waals surface area contributed by atoms with Gasteiger partial charge in [-0.2, -0.15) is 0 Å². The Morgan fingerprint density at radius 2 is 1.67 bits per heavy atom. The van der Waals surface area contributed by atoms with E-state index in [2.05, 4.69) is 71.4 Å². The molecule has 1 nitrogen and oxygen atoms in total. The lowest BCUT2D eigenvalue weighted by molar-refractivity contribution is 0.419. The molecule has 3 rings (SSSR count). The smallest absolute Gasteiger partial charge is 0.126 e. The number of hydrogen-bond acceptors (Lipinski definition) is 1. The normalized spacial score (nSPS) is 12.3. The molecule has 0 aliphatic rings. The molecule has 3 aromatic rings. The van der Waals surface area contributed by atoms with Crippen molar-refractivity contribution in [1.29, 1.82) is 0 Å². The number of benzene rings is 3. The average molecular weight is 341 g/mol. The third-order valence-corrected chi connectivity index (χ3v) is 4.77. The van der Waals surface area contributed by atoms with Gasteiger partial charge in [0.1, 0.15) is 5.75 Å². The Morgan fingerprint density at radius 1 is 0.905 bits per heavy atom. The number of fused-ring (bicyclic) bond motifs is 1. The van der Waals surface area contributed by atoms with Gasteiger partial charge in [-0.15, -0.1) is 0 Å². The molecule has 0 saturated carbocycles. The zero-order valence-electron chi connectivity index (χ0n) is 12.1. The topological polar surface area (TPSA) is 9.23 Å². The fraction of sp³-hybridized carbons (Fsp3) is 0.158. The molecule has 0 fully saturated rings. The maximum atomic E-state index is 5.47. The summed E-state index contributed by atoms with van der Waals surface area (Å²) < 4.78 is 5.47. The van der Waals surface area contributed by atoms with Gasteiger partial charge in [-0.3, -0.25) is 0 Å². The van der Waals surface area contributed by atoms with Gasteiger partial charge in [0.05, 0.1) is 11.9 Å². The summed E-state index contributed by atoms with van der Waals surface area (Å²) in [6.45, 7) is 2.12. The number of alkyl halides is 1. The molecule has 106 valence electrons. The van der Waals surface area contributed by atoms with Crippen LogP contribution in [0.3, 0.4) is 0 Å². The zero-order valence-corrected chi connectivity index (χ0v) is 13.7. The van der Waals surface area contributed by atoms with E-state index in [1.807, 2.05) is 12.1 Å². The second-order valence-corrected chi connectivity index (χ2v) is 6.10. The van der Waals surface area contributed by atoms with Crippen LogP contribution < -0.4 is 4.74 Å². The summed E-state index contributed by atoms with van der Waals surface area (Å²) in [6, 6.07) is 21.2. The highest BCUT2D eigenvalue weighted by Gasteiger charge is 2.15. The molecule has 0 aliphatic heterocycles. The summed E-state index contributed by atoms with van der Waals surface area (Å²) in [5.74, 6) is 0.915. The lowest BCUT2D eigenvalue weighted by atomic mass is 9.97. The standard InChI is InChI=1S/C19H17BrO/c1-13-6-5-7-14(12-13)19(20)17-10-11-18(21-2)16-9-4-3-8-15(16)17/h3-12,19H,1-2H3. The van der Waals surface area contributed by atoms with E-state index in [9.17, 15) is 0 Å². The molecule has 1 atom stereocenters. The van der Waals surface area contributed by atoms with E-state index in [1.54, 1.807) is 7.11 Å². The summed E-state index contributed by atoms with van der Waals surface area (Å²) in [4.78, 5) is 0.174. The Balaban J connectivity index is 2.17. The van der Waals surface area contributed by atoms with Crippen LogP contribution in [0, 0.1) is 6.92 Å². The van der Waals surface area contributed by atoms with Gasteiger partial charge in [0.25, 0.3) is 0 Å². The second-order valence-electron chi connectivity index (χ2n) is 5.18. The van der Waals surface area contributed by atoms with Crippen molar-refractivity contribution in [2.24, 2.45) is 0 Å². The van der Waals surface area contributed by atoms with Gasteiger partial charge in [-0.25, -0.2) is 0 Å². The molecule has 0 N–H and O–H groups in total. The Kier molecular flexibility index (Phi) is 3.98. The summed E-state index contributed by atoms with van der Waals surface area (Å²) in [6.07, 6.45) is 0. The molecule has 0 spiro atoms.